The Bertz CT molecular complexity index is 1210. The number of aromatic nitrogens is 3. The highest BCUT2D eigenvalue weighted by Crippen LogP contribution is 2.28. The number of pyridine rings is 1. The average molecular weight is 473 g/mol. The molecular formula is C22H28N6O4S. The molecule has 0 saturated carbocycles. The van der Waals surface area contributed by atoms with Gasteiger partial charge in [-0.1, -0.05) is 18.2 Å². The summed E-state index contributed by atoms with van der Waals surface area (Å²) in [7, 11) is -3.63. The van der Waals surface area contributed by atoms with Crippen molar-refractivity contribution >= 4 is 32.7 Å². The van der Waals surface area contributed by atoms with Gasteiger partial charge in [-0.15, -0.1) is 0 Å². The van der Waals surface area contributed by atoms with Crippen LogP contribution in [0, 0.1) is 0 Å². The number of nitrogens with zero attached hydrogens (tertiary/aromatic N) is 3. The fraction of sp³-hybridized carbons (Fsp3) is 0.409. The molecule has 3 N–H and O–H groups in total. The molecule has 0 aliphatic carbocycles. The lowest BCUT2D eigenvalue weighted by atomic mass is 10.1. The second kappa shape index (κ2) is 10.3. The van der Waals surface area contributed by atoms with Gasteiger partial charge in [0.1, 0.15) is 0 Å². The fourth-order valence-corrected chi connectivity index (χ4v) is 4.82. The number of hydrogen-bond acceptors (Lipinski definition) is 7. The van der Waals surface area contributed by atoms with Crippen LogP contribution in [-0.2, 0) is 21.3 Å². The van der Waals surface area contributed by atoms with E-state index in [9.17, 15) is 13.2 Å². The van der Waals surface area contributed by atoms with Crippen LogP contribution in [0.15, 0.2) is 47.6 Å². The molecule has 2 aromatic heterocycles. The van der Waals surface area contributed by atoms with Gasteiger partial charge in [0.05, 0.1) is 27.7 Å². The van der Waals surface area contributed by atoms with Gasteiger partial charge in [-0.2, -0.15) is 5.10 Å². The third-order valence-electron chi connectivity index (χ3n) is 5.54. The molecule has 0 atom stereocenters. The van der Waals surface area contributed by atoms with Crippen LogP contribution in [0.5, 0.6) is 0 Å². The van der Waals surface area contributed by atoms with Crippen LogP contribution in [0.2, 0.25) is 0 Å². The molecule has 11 heteroatoms. The Morgan fingerprint density at radius 2 is 1.91 bits per heavy atom. The summed E-state index contributed by atoms with van der Waals surface area (Å²) in [5.74, 6) is -0.331. The van der Waals surface area contributed by atoms with Crippen molar-refractivity contribution in [2.75, 3.05) is 31.6 Å². The van der Waals surface area contributed by atoms with E-state index in [1.165, 1.54) is 12.1 Å². The Morgan fingerprint density at radius 3 is 2.64 bits per heavy atom. The molecule has 1 fully saturated rings. The van der Waals surface area contributed by atoms with Crippen LogP contribution in [0.1, 0.15) is 30.1 Å². The number of rotatable bonds is 9. The van der Waals surface area contributed by atoms with E-state index in [2.05, 4.69) is 25.4 Å². The Hall–Kier alpha value is -3.02. The van der Waals surface area contributed by atoms with E-state index in [4.69, 9.17) is 4.74 Å². The first-order valence-electron chi connectivity index (χ1n) is 11.0. The molecule has 0 bridgehead atoms. The van der Waals surface area contributed by atoms with Crippen molar-refractivity contribution in [3.8, 4) is 0 Å². The molecule has 3 aromatic rings. The SMILES string of the molecule is CCn1ncc2c(NC3CCOCC3)c(C(=O)NCCNS(=O)(=O)c3ccccc3)cnc21. The van der Waals surface area contributed by atoms with Crippen molar-refractivity contribution in [2.45, 2.75) is 37.2 Å². The highest BCUT2D eigenvalue weighted by Gasteiger charge is 2.22. The first kappa shape index (κ1) is 23.1. The average Bonchev–Trinajstić information content (AvgIpc) is 3.27. The summed E-state index contributed by atoms with van der Waals surface area (Å²) in [5, 5.41) is 11.4. The van der Waals surface area contributed by atoms with Crippen LogP contribution in [0.3, 0.4) is 0 Å². The lowest BCUT2D eigenvalue weighted by molar-refractivity contribution is 0.0904. The van der Waals surface area contributed by atoms with E-state index < -0.39 is 10.0 Å². The topological polar surface area (TPSA) is 127 Å². The lowest BCUT2D eigenvalue weighted by Crippen LogP contribution is -2.35. The largest absolute Gasteiger partial charge is 0.381 e. The van der Waals surface area contributed by atoms with Gasteiger partial charge in [-0.3, -0.25) is 4.79 Å². The molecule has 0 unspecified atom stereocenters. The molecular weight excluding hydrogens is 444 g/mol. The number of sulfonamides is 1. The molecule has 1 amide bonds. The quantitative estimate of drug-likeness (QED) is 0.405. The Kier molecular flexibility index (Phi) is 7.21. The number of benzene rings is 1. The molecule has 1 aliphatic heterocycles. The second-order valence-corrected chi connectivity index (χ2v) is 9.51. The molecule has 1 saturated heterocycles. The molecule has 3 heterocycles. The van der Waals surface area contributed by atoms with Gasteiger partial charge < -0.3 is 15.4 Å². The maximum Gasteiger partial charge on any atom is 0.255 e. The van der Waals surface area contributed by atoms with Gasteiger partial charge >= 0.3 is 0 Å². The van der Waals surface area contributed by atoms with Crippen molar-refractivity contribution in [1.29, 1.82) is 0 Å². The zero-order valence-corrected chi connectivity index (χ0v) is 19.3. The predicted molar refractivity (Wildman–Crippen MR) is 125 cm³/mol. The number of fused-ring (bicyclic) bond motifs is 1. The van der Waals surface area contributed by atoms with Gasteiger partial charge in [0, 0.05) is 45.1 Å². The maximum atomic E-state index is 13.0. The highest BCUT2D eigenvalue weighted by molar-refractivity contribution is 7.89. The summed E-state index contributed by atoms with van der Waals surface area (Å²) in [6.45, 7) is 4.19. The summed E-state index contributed by atoms with van der Waals surface area (Å²) in [6.07, 6.45) is 4.95. The first-order valence-corrected chi connectivity index (χ1v) is 12.5. The van der Waals surface area contributed by atoms with Crippen molar-refractivity contribution < 1.29 is 17.9 Å². The van der Waals surface area contributed by atoms with Crippen molar-refractivity contribution in [1.82, 2.24) is 24.8 Å². The molecule has 33 heavy (non-hydrogen) atoms. The Labute approximate surface area is 192 Å². The third kappa shape index (κ3) is 5.32. The van der Waals surface area contributed by atoms with E-state index in [1.807, 2.05) is 6.92 Å². The predicted octanol–water partition coefficient (Wildman–Crippen LogP) is 1.75. The standard InChI is InChI=1S/C22H28N6O4S/c1-2-28-21-18(15-25-28)20(27-16-8-12-32-13-9-16)19(14-24-21)22(29)23-10-11-26-33(30,31)17-6-4-3-5-7-17/h3-7,14-16,26H,2,8-13H2,1H3,(H,23,29)(H,24,27). The number of ether oxygens (including phenoxy) is 1. The summed E-state index contributed by atoms with van der Waals surface area (Å²) in [5.41, 5.74) is 1.80. The smallest absolute Gasteiger partial charge is 0.255 e. The molecule has 1 aliphatic rings. The summed E-state index contributed by atoms with van der Waals surface area (Å²) >= 11 is 0. The zero-order chi connectivity index (χ0) is 23.3. The lowest BCUT2D eigenvalue weighted by Gasteiger charge is -2.25. The second-order valence-electron chi connectivity index (χ2n) is 7.74. The number of aryl methyl sites for hydroxylation is 1. The third-order valence-corrected chi connectivity index (χ3v) is 7.01. The minimum absolute atomic E-state index is 0.0646. The van der Waals surface area contributed by atoms with E-state index in [0.29, 0.717) is 36.7 Å². The van der Waals surface area contributed by atoms with E-state index in [-0.39, 0.29) is 29.9 Å². The Morgan fingerprint density at radius 1 is 1.15 bits per heavy atom. The maximum absolute atomic E-state index is 13.0. The number of hydrogen-bond donors (Lipinski definition) is 3. The number of anilines is 1. The molecule has 0 radical (unpaired) electrons. The number of carbonyl (C=O) groups is 1. The van der Waals surface area contributed by atoms with E-state index in [1.54, 1.807) is 35.3 Å². The van der Waals surface area contributed by atoms with Gasteiger partial charge in [0.25, 0.3) is 5.91 Å². The molecule has 0 spiro atoms. The Balaban J connectivity index is 1.47. The molecule has 176 valence electrons. The zero-order valence-electron chi connectivity index (χ0n) is 18.5. The number of nitrogens with one attached hydrogen (secondary N) is 3. The number of amides is 1. The summed E-state index contributed by atoms with van der Waals surface area (Å²) < 4.78 is 34.4. The monoisotopic (exact) mass is 472 g/mol. The number of carbonyl (C=O) groups excluding carboxylic acids is 1. The minimum Gasteiger partial charge on any atom is -0.381 e. The van der Waals surface area contributed by atoms with Crippen LogP contribution < -0.4 is 15.4 Å². The van der Waals surface area contributed by atoms with Crippen LogP contribution in [-0.4, -0.2) is 61.4 Å². The van der Waals surface area contributed by atoms with Gasteiger partial charge in [0.15, 0.2) is 5.65 Å². The molecule has 10 nitrogen and oxygen atoms in total. The van der Waals surface area contributed by atoms with Crippen LogP contribution in [0.4, 0.5) is 5.69 Å². The van der Waals surface area contributed by atoms with Crippen molar-refractivity contribution in [3.05, 3.63) is 48.3 Å². The molecule has 1 aromatic carbocycles. The highest BCUT2D eigenvalue weighted by atomic mass is 32.2. The minimum atomic E-state index is -3.63. The normalized spacial score (nSPS) is 14.9. The van der Waals surface area contributed by atoms with Gasteiger partial charge in [-0.05, 0) is 31.9 Å². The van der Waals surface area contributed by atoms with Crippen LogP contribution >= 0.6 is 0 Å². The van der Waals surface area contributed by atoms with Crippen molar-refractivity contribution in [2.24, 2.45) is 0 Å². The van der Waals surface area contributed by atoms with Gasteiger partial charge in [0.2, 0.25) is 10.0 Å². The molecule has 4 rings (SSSR count). The van der Waals surface area contributed by atoms with Crippen LogP contribution in [0.25, 0.3) is 11.0 Å². The first-order chi connectivity index (χ1) is 16.0. The fourth-order valence-electron chi connectivity index (χ4n) is 3.77. The van der Waals surface area contributed by atoms with Crippen molar-refractivity contribution in [3.63, 3.8) is 0 Å². The van der Waals surface area contributed by atoms with E-state index >= 15 is 0 Å². The van der Waals surface area contributed by atoms with E-state index in [0.717, 1.165) is 18.2 Å². The van der Waals surface area contributed by atoms with Gasteiger partial charge in [-0.25, -0.2) is 22.8 Å². The summed E-state index contributed by atoms with van der Waals surface area (Å²) in [6, 6.07) is 8.29. The summed E-state index contributed by atoms with van der Waals surface area (Å²) in [4.78, 5) is 17.6.